The minimum Gasteiger partial charge on any atom is -0.481 e. The van der Waals surface area contributed by atoms with E-state index in [-0.39, 0.29) is 12.2 Å². The number of carboxylic acids is 1. The first-order chi connectivity index (χ1) is 8.52. The molecule has 0 unspecified atom stereocenters. The molecule has 0 radical (unpaired) electrons. The second-order valence-corrected chi connectivity index (χ2v) is 4.43. The van der Waals surface area contributed by atoms with Gasteiger partial charge in [-0.3, -0.25) is 9.59 Å². The summed E-state index contributed by atoms with van der Waals surface area (Å²) in [6, 6.07) is 0. The van der Waals surface area contributed by atoms with Crippen LogP contribution in [0.3, 0.4) is 0 Å². The van der Waals surface area contributed by atoms with E-state index in [4.69, 9.17) is 9.63 Å². The number of carbonyl (C=O) groups is 2. The number of carbonyl (C=O) groups excluding carboxylic acids is 1. The minimum absolute atomic E-state index is 0.0597. The molecule has 0 fully saturated rings. The summed E-state index contributed by atoms with van der Waals surface area (Å²) in [5, 5.41) is 12.2. The molecule has 0 aromatic carbocycles. The van der Waals surface area contributed by atoms with Crippen LogP contribution in [0, 0.1) is 13.8 Å². The number of aromatic nitrogens is 1. The van der Waals surface area contributed by atoms with Gasteiger partial charge in [0.2, 0.25) is 0 Å². The molecule has 0 saturated heterocycles. The van der Waals surface area contributed by atoms with Crippen LogP contribution < -0.4 is 0 Å². The number of nitrogens with zero attached hydrogens (tertiary/aromatic N) is 1. The van der Waals surface area contributed by atoms with E-state index in [0.717, 1.165) is 19.3 Å². The highest BCUT2D eigenvalue weighted by Gasteiger charge is 2.16. The number of unbranched alkanes of at least 4 members (excludes halogenated alkanes) is 3. The molecule has 5 nitrogen and oxygen atoms in total. The van der Waals surface area contributed by atoms with Gasteiger partial charge in [-0.05, 0) is 26.7 Å². The molecule has 0 aliphatic rings. The van der Waals surface area contributed by atoms with Crippen LogP contribution in [0.2, 0.25) is 0 Å². The van der Waals surface area contributed by atoms with Gasteiger partial charge in [-0.1, -0.05) is 18.0 Å². The molecular formula is C13H19NO4. The summed E-state index contributed by atoms with van der Waals surface area (Å²) >= 11 is 0. The van der Waals surface area contributed by atoms with Crippen LogP contribution >= 0.6 is 0 Å². The fourth-order valence-corrected chi connectivity index (χ4v) is 1.92. The van der Waals surface area contributed by atoms with E-state index < -0.39 is 5.97 Å². The molecule has 1 aromatic rings. The summed E-state index contributed by atoms with van der Waals surface area (Å²) in [5.74, 6) is -0.130. The summed E-state index contributed by atoms with van der Waals surface area (Å²) in [4.78, 5) is 22.2. The average molecular weight is 253 g/mol. The van der Waals surface area contributed by atoms with E-state index in [1.165, 1.54) is 0 Å². The number of aliphatic carboxylic acids is 1. The second kappa shape index (κ2) is 6.93. The van der Waals surface area contributed by atoms with Crippen molar-refractivity contribution in [3.8, 4) is 0 Å². The van der Waals surface area contributed by atoms with Crippen LogP contribution in [-0.2, 0) is 4.79 Å². The third-order valence-corrected chi connectivity index (χ3v) is 2.86. The van der Waals surface area contributed by atoms with Crippen molar-refractivity contribution < 1.29 is 19.2 Å². The lowest BCUT2D eigenvalue weighted by Crippen LogP contribution is -2.01. The monoisotopic (exact) mass is 253 g/mol. The number of hydrogen-bond donors (Lipinski definition) is 1. The molecule has 0 spiro atoms. The summed E-state index contributed by atoms with van der Waals surface area (Å²) in [6.07, 6.45) is 3.86. The maximum atomic E-state index is 11.9. The van der Waals surface area contributed by atoms with Gasteiger partial charge in [0.25, 0.3) is 0 Å². The molecule has 0 amide bonds. The van der Waals surface area contributed by atoms with Crippen LogP contribution in [0.1, 0.15) is 60.3 Å². The standard InChI is InChI=1S/C13H19NO4/c1-9-13(10(2)18-14-9)11(15)7-5-3-4-6-8-12(16)17/h3-8H2,1-2H3,(H,16,17). The highest BCUT2D eigenvalue weighted by molar-refractivity contribution is 5.97. The first-order valence-electron chi connectivity index (χ1n) is 6.20. The van der Waals surface area contributed by atoms with Crippen molar-refractivity contribution in [1.82, 2.24) is 5.16 Å². The number of aryl methyl sites for hydroxylation is 2. The number of Topliss-reactive ketones (excluding diaryl/α,β-unsaturated/α-hetero) is 1. The smallest absolute Gasteiger partial charge is 0.303 e. The van der Waals surface area contributed by atoms with E-state index in [1.807, 2.05) is 0 Å². The Morgan fingerprint density at radius 3 is 2.22 bits per heavy atom. The van der Waals surface area contributed by atoms with Crippen molar-refractivity contribution in [3.63, 3.8) is 0 Å². The highest BCUT2D eigenvalue weighted by Crippen LogP contribution is 2.16. The maximum Gasteiger partial charge on any atom is 0.303 e. The van der Waals surface area contributed by atoms with Gasteiger partial charge in [-0.2, -0.15) is 0 Å². The Labute approximate surface area is 106 Å². The lowest BCUT2D eigenvalue weighted by atomic mass is 10.0. The van der Waals surface area contributed by atoms with E-state index in [1.54, 1.807) is 13.8 Å². The first-order valence-corrected chi connectivity index (χ1v) is 6.20. The Hall–Kier alpha value is -1.65. The Kier molecular flexibility index (Phi) is 5.55. The molecule has 0 aliphatic carbocycles. The molecule has 1 rings (SSSR count). The van der Waals surface area contributed by atoms with Crippen LogP contribution in [-0.4, -0.2) is 22.0 Å². The predicted octanol–water partition coefficient (Wildman–Crippen LogP) is 2.90. The van der Waals surface area contributed by atoms with Gasteiger partial charge >= 0.3 is 5.97 Å². The molecule has 100 valence electrons. The zero-order chi connectivity index (χ0) is 13.5. The third kappa shape index (κ3) is 4.31. The SMILES string of the molecule is Cc1noc(C)c1C(=O)CCCCCCC(=O)O. The van der Waals surface area contributed by atoms with Crippen molar-refractivity contribution in [2.75, 3.05) is 0 Å². The lowest BCUT2D eigenvalue weighted by molar-refractivity contribution is -0.137. The Morgan fingerprint density at radius 2 is 1.72 bits per heavy atom. The minimum atomic E-state index is -0.762. The lowest BCUT2D eigenvalue weighted by Gasteiger charge is -2.00. The van der Waals surface area contributed by atoms with Crippen molar-refractivity contribution >= 4 is 11.8 Å². The third-order valence-electron chi connectivity index (χ3n) is 2.86. The van der Waals surface area contributed by atoms with Gasteiger partial charge in [0.15, 0.2) is 5.78 Å². The van der Waals surface area contributed by atoms with Gasteiger partial charge < -0.3 is 9.63 Å². The molecule has 0 atom stereocenters. The molecular weight excluding hydrogens is 234 g/mol. The molecule has 0 bridgehead atoms. The zero-order valence-corrected chi connectivity index (χ0v) is 10.9. The van der Waals surface area contributed by atoms with Gasteiger partial charge in [0, 0.05) is 12.8 Å². The fraction of sp³-hybridized carbons (Fsp3) is 0.615. The topological polar surface area (TPSA) is 80.4 Å². The largest absolute Gasteiger partial charge is 0.481 e. The maximum absolute atomic E-state index is 11.9. The average Bonchev–Trinajstić information content (AvgIpc) is 2.63. The summed E-state index contributed by atoms with van der Waals surface area (Å²) in [6.45, 7) is 3.50. The van der Waals surface area contributed by atoms with E-state index in [0.29, 0.717) is 29.9 Å². The molecule has 5 heteroatoms. The Balaban J connectivity index is 2.24. The van der Waals surface area contributed by atoms with Crippen LogP contribution in [0.4, 0.5) is 0 Å². The number of hydrogen-bond acceptors (Lipinski definition) is 4. The Morgan fingerprint density at radius 1 is 1.11 bits per heavy atom. The second-order valence-electron chi connectivity index (χ2n) is 4.43. The Bertz CT molecular complexity index is 403. The van der Waals surface area contributed by atoms with Gasteiger partial charge in [-0.25, -0.2) is 0 Å². The van der Waals surface area contributed by atoms with Crippen molar-refractivity contribution in [1.29, 1.82) is 0 Å². The summed E-state index contributed by atoms with van der Waals surface area (Å²) < 4.78 is 4.95. The van der Waals surface area contributed by atoms with E-state index >= 15 is 0 Å². The van der Waals surface area contributed by atoms with Crippen LogP contribution in [0.5, 0.6) is 0 Å². The van der Waals surface area contributed by atoms with Crippen molar-refractivity contribution in [2.45, 2.75) is 52.4 Å². The molecule has 18 heavy (non-hydrogen) atoms. The van der Waals surface area contributed by atoms with E-state index in [2.05, 4.69) is 5.16 Å². The molecule has 0 aliphatic heterocycles. The molecule has 0 saturated carbocycles. The van der Waals surface area contributed by atoms with Crippen molar-refractivity contribution in [2.24, 2.45) is 0 Å². The number of rotatable bonds is 8. The first kappa shape index (κ1) is 14.4. The van der Waals surface area contributed by atoms with Gasteiger partial charge in [-0.15, -0.1) is 0 Å². The van der Waals surface area contributed by atoms with E-state index in [9.17, 15) is 9.59 Å². The predicted molar refractivity (Wildman–Crippen MR) is 65.6 cm³/mol. The highest BCUT2D eigenvalue weighted by atomic mass is 16.5. The van der Waals surface area contributed by atoms with Crippen LogP contribution in [0.15, 0.2) is 4.52 Å². The normalized spacial score (nSPS) is 10.6. The van der Waals surface area contributed by atoms with Gasteiger partial charge in [0.1, 0.15) is 5.76 Å². The van der Waals surface area contributed by atoms with Crippen LogP contribution in [0.25, 0.3) is 0 Å². The molecule has 1 aromatic heterocycles. The van der Waals surface area contributed by atoms with Crippen molar-refractivity contribution in [3.05, 3.63) is 17.0 Å². The quantitative estimate of drug-likeness (QED) is 0.569. The molecule has 1 heterocycles. The zero-order valence-electron chi connectivity index (χ0n) is 10.9. The van der Waals surface area contributed by atoms with Gasteiger partial charge in [0.05, 0.1) is 11.3 Å². The number of ketones is 1. The molecule has 1 N–H and O–H groups in total. The number of carboxylic acid groups (broad SMARTS) is 1. The summed E-state index contributed by atoms with van der Waals surface area (Å²) in [5.41, 5.74) is 1.24. The summed E-state index contributed by atoms with van der Waals surface area (Å²) in [7, 11) is 0. The fourth-order valence-electron chi connectivity index (χ4n) is 1.92.